The first-order valence-electron chi connectivity index (χ1n) is 2.81. The minimum absolute atomic E-state index is 0.199. The first-order valence-corrected chi connectivity index (χ1v) is 2.81. The highest BCUT2D eigenvalue weighted by Gasteiger charge is 2.06. The number of aryl methyl sites for hydroxylation is 1. The summed E-state index contributed by atoms with van der Waals surface area (Å²) in [7, 11) is 3.25. The van der Waals surface area contributed by atoms with Crippen LogP contribution >= 0.6 is 0 Å². The minimum Gasteiger partial charge on any atom is -0.352 e. The Bertz CT molecular complexity index is 242. The van der Waals surface area contributed by atoms with Gasteiger partial charge in [0, 0.05) is 14.1 Å². The van der Waals surface area contributed by atoms with Crippen molar-refractivity contribution in [2.75, 3.05) is 7.05 Å². The van der Waals surface area contributed by atoms with Crippen molar-refractivity contribution in [2.45, 2.75) is 0 Å². The molecule has 0 aliphatic heterocycles. The SMILES string of the molecule is CNC(=O)c1ncn(C)n1. The van der Waals surface area contributed by atoms with E-state index in [1.165, 1.54) is 11.0 Å². The number of rotatable bonds is 1. The maximum atomic E-state index is 10.8. The van der Waals surface area contributed by atoms with E-state index in [-0.39, 0.29) is 11.7 Å². The lowest BCUT2D eigenvalue weighted by molar-refractivity contribution is 0.0952. The molecule has 0 spiro atoms. The predicted octanol–water partition coefficient (Wildman–Crippen LogP) is -0.825. The van der Waals surface area contributed by atoms with Gasteiger partial charge in [0.25, 0.3) is 5.91 Å². The van der Waals surface area contributed by atoms with Crippen LogP contribution in [0.5, 0.6) is 0 Å². The maximum absolute atomic E-state index is 10.8. The highest BCUT2D eigenvalue weighted by molar-refractivity contribution is 5.89. The lowest BCUT2D eigenvalue weighted by atomic mass is 10.6. The van der Waals surface area contributed by atoms with Crippen LogP contribution in [0.2, 0.25) is 0 Å². The highest BCUT2D eigenvalue weighted by Crippen LogP contribution is 1.85. The molecule has 5 nitrogen and oxygen atoms in total. The van der Waals surface area contributed by atoms with E-state index in [4.69, 9.17) is 0 Å². The molecule has 0 aromatic carbocycles. The smallest absolute Gasteiger partial charge is 0.290 e. The van der Waals surface area contributed by atoms with Crippen molar-refractivity contribution in [3.63, 3.8) is 0 Å². The molecule has 0 saturated carbocycles. The predicted molar refractivity (Wildman–Crippen MR) is 34.4 cm³/mol. The summed E-state index contributed by atoms with van der Waals surface area (Å²) in [4.78, 5) is 14.5. The van der Waals surface area contributed by atoms with E-state index in [9.17, 15) is 4.79 Å². The summed E-state index contributed by atoms with van der Waals surface area (Å²) in [5, 5.41) is 6.19. The summed E-state index contributed by atoms with van der Waals surface area (Å²) in [5.41, 5.74) is 0. The van der Waals surface area contributed by atoms with Crippen LogP contribution < -0.4 is 5.32 Å². The Morgan fingerprint density at radius 2 is 2.50 bits per heavy atom. The fourth-order valence-electron chi connectivity index (χ4n) is 0.555. The van der Waals surface area contributed by atoms with Crippen LogP contribution in [0, 0.1) is 0 Å². The van der Waals surface area contributed by atoms with E-state index in [0.29, 0.717) is 0 Å². The topological polar surface area (TPSA) is 59.8 Å². The van der Waals surface area contributed by atoms with Gasteiger partial charge in [0.15, 0.2) is 0 Å². The second-order valence-corrected chi connectivity index (χ2v) is 1.82. The molecular formula is C5H8N4O. The van der Waals surface area contributed by atoms with Crippen molar-refractivity contribution in [3.8, 4) is 0 Å². The van der Waals surface area contributed by atoms with Crippen molar-refractivity contribution >= 4 is 5.91 Å². The van der Waals surface area contributed by atoms with Crippen molar-refractivity contribution in [1.29, 1.82) is 0 Å². The summed E-state index contributed by atoms with van der Waals surface area (Å²) in [6.07, 6.45) is 1.48. The van der Waals surface area contributed by atoms with Gasteiger partial charge in [-0.1, -0.05) is 0 Å². The number of hydrogen-bond acceptors (Lipinski definition) is 3. The van der Waals surface area contributed by atoms with Crippen molar-refractivity contribution in [1.82, 2.24) is 20.1 Å². The van der Waals surface area contributed by atoms with Crippen LogP contribution in [-0.2, 0) is 7.05 Å². The number of carbonyl (C=O) groups excluding carboxylic acids is 1. The Morgan fingerprint density at radius 1 is 1.80 bits per heavy atom. The van der Waals surface area contributed by atoms with Crippen LogP contribution in [0.4, 0.5) is 0 Å². The van der Waals surface area contributed by atoms with Crippen LogP contribution in [0.25, 0.3) is 0 Å². The molecule has 5 heteroatoms. The molecule has 0 bridgehead atoms. The second kappa shape index (κ2) is 2.47. The van der Waals surface area contributed by atoms with Gasteiger partial charge in [0.05, 0.1) is 0 Å². The Balaban J connectivity index is 2.85. The zero-order chi connectivity index (χ0) is 7.56. The molecule has 0 fully saturated rings. The first kappa shape index (κ1) is 6.73. The van der Waals surface area contributed by atoms with Crippen LogP contribution in [0.15, 0.2) is 6.33 Å². The van der Waals surface area contributed by atoms with E-state index in [2.05, 4.69) is 15.4 Å². The monoisotopic (exact) mass is 140 g/mol. The fraction of sp³-hybridized carbons (Fsp3) is 0.400. The lowest BCUT2D eigenvalue weighted by Gasteiger charge is -1.89. The fourth-order valence-corrected chi connectivity index (χ4v) is 0.555. The van der Waals surface area contributed by atoms with Gasteiger partial charge in [-0.05, 0) is 0 Å². The normalized spacial score (nSPS) is 9.40. The molecule has 1 aromatic heterocycles. The molecule has 10 heavy (non-hydrogen) atoms. The average molecular weight is 140 g/mol. The van der Waals surface area contributed by atoms with Gasteiger partial charge in [0.2, 0.25) is 5.82 Å². The third-order valence-corrected chi connectivity index (χ3v) is 1.03. The molecule has 0 aliphatic carbocycles. The van der Waals surface area contributed by atoms with E-state index in [1.54, 1.807) is 14.1 Å². The van der Waals surface area contributed by atoms with Crippen LogP contribution in [0.3, 0.4) is 0 Å². The van der Waals surface area contributed by atoms with Gasteiger partial charge in [0.1, 0.15) is 6.33 Å². The molecule has 0 saturated heterocycles. The molecule has 0 radical (unpaired) electrons. The van der Waals surface area contributed by atoms with Gasteiger partial charge < -0.3 is 5.32 Å². The molecule has 0 aliphatic rings. The van der Waals surface area contributed by atoms with Crippen LogP contribution in [-0.4, -0.2) is 27.7 Å². The number of hydrogen-bond donors (Lipinski definition) is 1. The number of nitrogens with zero attached hydrogens (tertiary/aromatic N) is 3. The number of carbonyl (C=O) groups is 1. The highest BCUT2D eigenvalue weighted by atomic mass is 16.2. The zero-order valence-electron chi connectivity index (χ0n) is 5.83. The van der Waals surface area contributed by atoms with Gasteiger partial charge in [-0.3, -0.25) is 9.48 Å². The quantitative estimate of drug-likeness (QED) is 0.554. The lowest BCUT2D eigenvalue weighted by Crippen LogP contribution is -2.19. The van der Waals surface area contributed by atoms with E-state index < -0.39 is 0 Å². The molecule has 1 rings (SSSR count). The molecule has 0 atom stereocenters. The average Bonchev–Trinajstić information content (AvgIpc) is 2.34. The maximum Gasteiger partial charge on any atom is 0.290 e. The Hall–Kier alpha value is -1.39. The van der Waals surface area contributed by atoms with Crippen molar-refractivity contribution < 1.29 is 4.79 Å². The first-order chi connectivity index (χ1) is 4.74. The van der Waals surface area contributed by atoms with E-state index >= 15 is 0 Å². The van der Waals surface area contributed by atoms with Crippen molar-refractivity contribution in [3.05, 3.63) is 12.2 Å². The van der Waals surface area contributed by atoms with Gasteiger partial charge in [-0.2, -0.15) is 0 Å². The Morgan fingerprint density at radius 3 is 2.90 bits per heavy atom. The molecule has 54 valence electrons. The van der Waals surface area contributed by atoms with E-state index in [1.807, 2.05) is 0 Å². The molecule has 1 heterocycles. The summed E-state index contributed by atoms with van der Waals surface area (Å²) in [5.74, 6) is -0.0643. The molecule has 1 aromatic rings. The number of aromatic nitrogens is 3. The zero-order valence-corrected chi connectivity index (χ0v) is 5.83. The Kier molecular flexibility index (Phi) is 1.66. The summed E-state index contributed by atoms with van der Waals surface area (Å²) >= 11 is 0. The molecular weight excluding hydrogens is 132 g/mol. The summed E-state index contributed by atoms with van der Waals surface area (Å²) < 4.78 is 1.48. The standard InChI is InChI=1S/C5H8N4O/c1-6-5(10)4-7-3-9(2)8-4/h3H,1-2H3,(H,6,10). The van der Waals surface area contributed by atoms with Gasteiger partial charge in [-0.15, -0.1) is 5.10 Å². The van der Waals surface area contributed by atoms with Crippen molar-refractivity contribution in [2.24, 2.45) is 7.05 Å². The third-order valence-electron chi connectivity index (χ3n) is 1.03. The summed E-state index contributed by atoms with van der Waals surface area (Å²) in [6, 6.07) is 0. The Labute approximate surface area is 58.1 Å². The van der Waals surface area contributed by atoms with Gasteiger partial charge in [-0.25, -0.2) is 4.98 Å². The van der Waals surface area contributed by atoms with E-state index in [0.717, 1.165) is 0 Å². The minimum atomic E-state index is -0.263. The number of nitrogens with one attached hydrogen (secondary N) is 1. The molecule has 1 N–H and O–H groups in total. The molecule has 0 unspecified atom stereocenters. The van der Waals surface area contributed by atoms with Crippen LogP contribution in [0.1, 0.15) is 10.6 Å². The molecule has 1 amide bonds. The summed E-state index contributed by atoms with van der Waals surface area (Å²) in [6.45, 7) is 0. The second-order valence-electron chi connectivity index (χ2n) is 1.82. The third kappa shape index (κ3) is 1.12. The number of amides is 1. The largest absolute Gasteiger partial charge is 0.352 e. The van der Waals surface area contributed by atoms with Gasteiger partial charge >= 0.3 is 0 Å².